The van der Waals surface area contributed by atoms with Crippen LogP contribution in [0.25, 0.3) is 0 Å². The summed E-state index contributed by atoms with van der Waals surface area (Å²) in [7, 11) is 3.86. The van der Waals surface area contributed by atoms with Crippen molar-refractivity contribution in [3.05, 3.63) is 18.2 Å². The number of H-pyrrole nitrogens is 1. The van der Waals surface area contributed by atoms with Crippen molar-refractivity contribution in [2.75, 3.05) is 5.75 Å². The molecule has 1 fully saturated rings. The van der Waals surface area contributed by atoms with Gasteiger partial charge in [-0.2, -0.15) is 0 Å². The van der Waals surface area contributed by atoms with Gasteiger partial charge in [-0.25, -0.2) is 9.78 Å². The lowest BCUT2D eigenvalue weighted by molar-refractivity contribution is -0.160. The van der Waals surface area contributed by atoms with Crippen LogP contribution >= 0.6 is 21.6 Å². The van der Waals surface area contributed by atoms with Gasteiger partial charge in [-0.3, -0.25) is 4.79 Å². The Morgan fingerprint density at radius 3 is 3.05 bits per heavy atom. The fourth-order valence-electron chi connectivity index (χ4n) is 2.16. The Morgan fingerprint density at radius 1 is 1.50 bits per heavy atom. The Kier molecular flexibility index (Phi) is 7.28. The number of hydrogen-bond acceptors (Lipinski definition) is 7. The number of aromatic nitrogens is 2. The topological polar surface area (TPSA) is 98.1 Å². The van der Waals surface area contributed by atoms with E-state index in [4.69, 9.17) is 10.5 Å². The molecule has 1 aromatic heterocycles. The number of aromatic amines is 1. The highest BCUT2D eigenvalue weighted by molar-refractivity contribution is 8.77. The van der Waals surface area contributed by atoms with Gasteiger partial charge in [-0.1, -0.05) is 28.0 Å². The van der Waals surface area contributed by atoms with Crippen LogP contribution in [0.4, 0.5) is 0 Å². The second-order valence-corrected chi connectivity index (χ2v) is 8.04. The van der Waals surface area contributed by atoms with Gasteiger partial charge in [-0.05, 0) is 19.3 Å². The number of carbonyl (C=O) groups excluding carboxylic acids is 2. The average Bonchev–Trinajstić information content (AvgIpc) is 3.16. The lowest BCUT2D eigenvalue weighted by Gasteiger charge is -2.09. The first kappa shape index (κ1) is 17.4. The maximum Gasteiger partial charge on any atom is 0.330 e. The monoisotopic (exact) mass is 343 g/mol. The molecule has 2 rings (SSSR count). The predicted octanol–water partition coefficient (Wildman–Crippen LogP) is 2.06. The minimum absolute atomic E-state index is 0.271. The highest BCUT2D eigenvalue weighted by Crippen LogP contribution is 2.39. The summed E-state index contributed by atoms with van der Waals surface area (Å²) < 4.78 is 4.79. The van der Waals surface area contributed by atoms with Crippen LogP contribution in [-0.2, 0) is 20.7 Å². The quantitative estimate of drug-likeness (QED) is 0.323. The molecular weight excluding hydrogens is 322 g/mol. The lowest BCUT2D eigenvalue weighted by Crippen LogP contribution is -2.35. The van der Waals surface area contributed by atoms with Crippen LogP contribution in [0.15, 0.2) is 12.5 Å². The molecular formula is C14H21N3O3S2. The summed E-state index contributed by atoms with van der Waals surface area (Å²) in [4.78, 5) is 30.0. The molecule has 0 amide bonds. The van der Waals surface area contributed by atoms with Crippen molar-refractivity contribution in [2.24, 2.45) is 5.73 Å². The molecule has 1 unspecified atom stereocenters. The van der Waals surface area contributed by atoms with Crippen LogP contribution in [0.5, 0.6) is 0 Å². The van der Waals surface area contributed by atoms with E-state index in [1.54, 1.807) is 6.20 Å². The lowest BCUT2D eigenvalue weighted by atomic mass is 10.1. The van der Waals surface area contributed by atoms with Gasteiger partial charge in [0, 0.05) is 35.7 Å². The summed E-state index contributed by atoms with van der Waals surface area (Å²) in [5.41, 5.74) is 6.45. The number of nitrogens with one attached hydrogen (secondary N) is 1. The van der Waals surface area contributed by atoms with Crippen molar-refractivity contribution in [3.8, 4) is 0 Å². The Hall–Kier alpha value is -0.990. The molecule has 2 heterocycles. The summed E-state index contributed by atoms with van der Waals surface area (Å²) >= 11 is 0. The highest BCUT2D eigenvalue weighted by atomic mass is 33.1. The maximum atomic E-state index is 11.7. The van der Waals surface area contributed by atoms with Gasteiger partial charge >= 0.3 is 11.9 Å². The zero-order valence-electron chi connectivity index (χ0n) is 12.3. The number of hydrogen-bond donors (Lipinski definition) is 2. The third kappa shape index (κ3) is 6.02. The van der Waals surface area contributed by atoms with E-state index in [0.717, 1.165) is 25.0 Å². The van der Waals surface area contributed by atoms with Crippen LogP contribution in [0, 0.1) is 0 Å². The number of nitrogens with two attached hydrogens (primary N) is 1. The van der Waals surface area contributed by atoms with Crippen LogP contribution in [0.3, 0.4) is 0 Å². The summed E-state index contributed by atoms with van der Waals surface area (Å²) in [6.45, 7) is 0. The van der Waals surface area contributed by atoms with E-state index in [1.165, 1.54) is 18.5 Å². The van der Waals surface area contributed by atoms with Crippen LogP contribution in [-0.4, -0.2) is 39.0 Å². The molecule has 1 aliphatic rings. The number of unbranched alkanes of at least 4 members (excludes halogenated alkanes) is 1. The molecule has 0 radical (unpaired) electrons. The Balaban J connectivity index is 1.58. The van der Waals surface area contributed by atoms with E-state index >= 15 is 0 Å². The van der Waals surface area contributed by atoms with Crippen LogP contribution in [0.1, 0.15) is 37.8 Å². The first-order valence-electron chi connectivity index (χ1n) is 7.41. The molecule has 0 aromatic carbocycles. The number of nitrogens with zero attached hydrogens (tertiary/aromatic N) is 1. The van der Waals surface area contributed by atoms with E-state index in [1.807, 2.05) is 21.6 Å². The van der Waals surface area contributed by atoms with Crippen molar-refractivity contribution in [3.63, 3.8) is 0 Å². The van der Waals surface area contributed by atoms with Crippen molar-refractivity contribution in [1.82, 2.24) is 9.97 Å². The van der Waals surface area contributed by atoms with Gasteiger partial charge in [0.05, 0.1) is 6.33 Å². The number of imidazole rings is 1. The second-order valence-electron chi connectivity index (χ2n) is 5.26. The zero-order valence-corrected chi connectivity index (χ0v) is 14.0. The number of esters is 2. The molecule has 0 saturated carbocycles. The molecule has 2 atom stereocenters. The van der Waals surface area contributed by atoms with E-state index in [0.29, 0.717) is 5.25 Å². The standard InChI is InChI=1S/C14H21N3O3S2/c15-12(7-10-8-16-9-17-10)14(19)20-13(18)4-2-1-3-11-5-6-21-22-11/h8-9,11-12H,1-7,15H2,(H,16,17)/t11?,12-/m0/s1. The van der Waals surface area contributed by atoms with Gasteiger partial charge in [0.15, 0.2) is 0 Å². The van der Waals surface area contributed by atoms with Crippen molar-refractivity contribution in [1.29, 1.82) is 0 Å². The Labute approximate surface area is 137 Å². The van der Waals surface area contributed by atoms with E-state index < -0.39 is 18.0 Å². The minimum atomic E-state index is -0.851. The van der Waals surface area contributed by atoms with Gasteiger partial charge in [-0.15, -0.1) is 0 Å². The third-order valence-corrected chi connectivity index (χ3v) is 6.40. The fraction of sp³-hybridized carbons (Fsp3) is 0.643. The molecule has 1 saturated heterocycles. The third-order valence-electron chi connectivity index (χ3n) is 3.40. The normalized spacial score (nSPS) is 19.0. The molecule has 8 heteroatoms. The largest absolute Gasteiger partial charge is 0.392 e. The van der Waals surface area contributed by atoms with E-state index in [-0.39, 0.29) is 12.8 Å². The van der Waals surface area contributed by atoms with Crippen molar-refractivity contribution in [2.45, 2.75) is 49.8 Å². The molecule has 122 valence electrons. The molecule has 3 N–H and O–H groups in total. The summed E-state index contributed by atoms with van der Waals surface area (Å²) in [5, 5.41) is 0.713. The summed E-state index contributed by atoms with van der Waals surface area (Å²) in [6, 6.07) is -0.851. The van der Waals surface area contributed by atoms with E-state index in [2.05, 4.69) is 9.97 Å². The minimum Gasteiger partial charge on any atom is -0.392 e. The van der Waals surface area contributed by atoms with Crippen LogP contribution < -0.4 is 5.73 Å². The average molecular weight is 343 g/mol. The molecule has 22 heavy (non-hydrogen) atoms. The number of ether oxygens (including phenoxy) is 1. The predicted molar refractivity (Wildman–Crippen MR) is 88.3 cm³/mol. The molecule has 0 bridgehead atoms. The van der Waals surface area contributed by atoms with Crippen LogP contribution in [0.2, 0.25) is 0 Å². The zero-order chi connectivity index (χ0) is 15.8. The SMILES string of the molecule is N[C@@H](Cc1cnc[nH]1)C(=O)OC(=O)CCCCC1CCSS1. The first-order valence-corrected chi connectivity index (χ1v) is 9.79. The van der Waals surface area contributed by atoms with Gasteiger partial charge in [0.25, 0.3) is 0 Å². The summed E-state index contributed by atoms with van der Waals surface area (Å²) in [6.07, 6.45) is 7.77. The highest BCUT2D eigenvalue weighted by Gasteiger charge is 2.20. The fourth-order valence-corrected chi connectivity index (χ4v) is 5.19. The summed E-state index contributed by atoms with van der Waals surface area (Å²) in [5.74, 6) is 0.0564. The first-order chi connectivity index (χ1) is 10.6. The molecule has 1 aromatic rings. The van der Waals surface area contributed by atoms with Gasteiger partial charge in [0.2, 0.25) is 0 Å². The Morgan fingerprint density at radius 2 is 2.36 bits per heavy atom. The van der Waals surface area contributed by atoms with E-state index in [9.17, 15) is 9.59 Å². The second kappa shape index (κ2) is 9.22. The number of carbonyl (C=O) groups is 2. The Bertz CT molecular complexity index is 476. The van der Waals surface area contributed by atoms with Gasteiger partial charge < -0.3 is 15.5 Å². The van der Waals surface area contributed by atoms with Crippen molar-refractivity contribution >= 4 is 33.5 Å². The smallest absolute Gasteiger partial charge is 0.330 e. The number of rotatable bonds is 8. The maximum absolute atomic E-state index is 11.7. The van der Waals surface area contributed by atoms with Gasteiger partial charge in [0.1, 0.15) is 6.04 Å². The van der Waals surface area contributed by atoms with Crippen molar-refractivity contribution < 1.29 is 14.3 Å². The molecule has 0 spiro atoms. The molecule has 0 aliphatic carbocycles. The molecule has 1 aliphatic heterocycles. The molecule has 6 nitrogen and oxygen atoms in total.